The van der Waals surface area contributed by atoms with Gasteiger partial charge in [-0.15, -0.1) is 0 Å². The maximum absolute atomic E-state index is 10.7. The second-order valence-corrected chi connectivity index (χ2v) is 4.99. The normalized spacial score (nSPS) is 17.9. The highest BCUT2D eigenvalue weighted by atomic mass is 16.5. The summed E-state index contributed by atoms with van der Waals surface area (Å²) in [7, 11) is 0. The predicted molar refractivity (Wildman–Crippen MR) is 70.0 cm³/mol. The first kappa shape index (κ1) is 13.0. The van der Waals surface area contributed by atoms with Crippen LogP contribution in [0.2, 0.25) is 0 Å². The number of pyridine rings is 1. The number of ether oxygens (including phenoxy) is 1. The zero-order chi connectivity index (χ0) is 13.0. The van der Waals surface area contributed by atoms with Crippen molar-refractivity contribution >= 4 is 6.29 Å². The predicted octanol–water partition coefficient (Wildman–Crippen LogP) is 2.15. The minimum atomic E-state index is 0.217. The number of piperidine rings is 1. The molecule has 0 bridgehead atoms. The molecule has 0 aliphatic carbocycles. The van der Waals surface area contributed by atoms with Gasteiger partial charge in [-0.25, -0.2) is 4.98 Å². The number of carbonyl (C=O) groups excluding carboxylic acids is 1. The molecule has 1 aliphatic heterocycles. The molecule has 1 saturated heterocycles. The molecule has 0 radical (unpaired) electrons. The smallest absolute Gasteiger partial charge is 0.214 e. The summed E-state index contributed by atoms with van der Waals surface area (Å²) < 4.78 is 5.83. The molecular formula is C14H20N2O2. The Kier molecular flexibility index (Phi) is 4.31. The first-order valence-corrected chi connectivity index (χ1v) is 6.51. The topological polar surface area (TPSA) is 42.4 Å². The molecule has 0 aromatic carbocycles. The summed E-state index contributed by atoms with van der Waals surface area (Å²) in [5.74, 6) is 0.558. The quantitative estimate of drug-likeness (QED) is 0.766. The molecule has 0 unspecified atom stereocenters. The summed E-state index contributed by atoms with van der Waals surface area (Å²) in [4.78, 5) is 17.3. The molecule has 0 N–H and O–H groups in total. The van der Waals surface area contributed by atoms with Crippen molar-refractivity contribution in [3.05, 3.63) is 23.9 Å². The van der Waals surface area contributed by atoms with Gasteiger partial charge in [0.2, 0.25) is 5.88 Å². The van der Waals surface area contributed by atoms with Crippen molar-refractivity contribution in [3.63, 3.8) is 0 Å². The Morgan fingerprint density at radius 2 is 2.17 bits per heavy atom. The van der Waals surface area contributed by atoms with Crippen LogP contribution in [-0.4, -0.2) is 41.4 Å². The minimum Gasteiger partial charge on any atom is -0.474 e. The molecule has 2 heterocycles. The number of aldehydes is 1. The molecule has 0 amide bonds. The molecule has 1 aliphatic rings. The first-order chi connectivity index (χ1) is 8.69. The number of nitrogens with zero attached hydrogens (tertiary/aromatic N) is 2. The summed E-state index contributed by atoms with van der Waals surface area (Å²) in [6, 6.07) is 3.98. The average molecular weight is 248 g/mol. The van der Waals surface area contributed by atoms with Gasteiger partial charge < -0.3 is 9.64 Å². The maximum atomic E-state index is 10.7. The van der Waals surface area contributed by atoms with Gasteiger partial charge in [-0.1, -0.05) is 0 Å². The molecule has 98 valence electrons. The van der Waals surface area contributed by atoms with Gasteiger partial charge in [0.1, 0.15) is 12.4 Å². The number of aromatic nitrogens is 1. The lowest BCUT2D eigenvalue weighted by Gasteiger charge is -2.34. The van der Waals surface area contributed by atoms with Gasteiger partial charge in [0.15, 0.2) is 0 Å². The van der Waals surface area contributed by atoms with Crippen LogP contribution in [0.3, 0.4) is 0 Å². The summed E-state index contributed by atoms with van der Waals surface area (Å²) in [6.07, 6.45) is 4.68. The molecule has 0 atom stereocenters. The molecule has 4 nitrogen and oxygen atoms in total. The van der Waals surface area contributed by atoms with Crippen LogP contribution in [0.25, 0.3) is 0 Å². The third-order valence-corrected chi connectivity index (χ3v) is 3.39. The van der Waals surface area contributed by atoms with Crippen molar-refractivity contribution in [2.24, 2.45) is 0 Å². The Morgan fingerprint density at radius 1 is 1.44 bits per heavy atom. The van der Waals surface area contributed by atoms with E-state index in [1.54, 1.807) is 18.3 Å². The van der Waals surface area contributed by atoms with Crippen LogP contribution < -0.4 is 4.74 Å². The second-order valence-electron chi connectivity index (χ2n) is 4.99. The van der Waals surface area contributed by atoms with E-state index in [0.29, 0.717) is 17.5 Å². The molecule has 4 heteroatoms. The van der Waals surface area contributed by atoms with Gasteiger partial charge in [-0.05, 0) is 32.8 Å². The molecular weight excluding hydrogens is 228 g/mol. The molecule has 2 rings (SSSR count). The molecule has 1 aromatic heterocycles. The number of hydrogen-bond donors (Lipinski definition) is 0. The minimum absolute atomic E-state index is 0.217. The summed E-state index contributed by atoms with van der Waals surface area (Å²) in [6.45, 7) is 6.57. The van der Waals surface area contributed by atoms with Crippen molar-refractivity contribution in [1.29, 1.82) is 0 Å². The van der Waals surface area contributed by atoms with Gasteiger partial charge in [0, 0.05) is 37.0 Å². The lowest BCUT2D eigenvalue weighted by Crippen LogP contribution is -2.41. The number of carbonyl (C=O) groups is 1. The van der Waals surface area contributed by atoms with Crippen LogP contribution in [0.15, 0.2) is 18.3 Å². The largest absolute Gasteiger partial charge is 0.474 e. The van der Waals surface area contributed by atoms with Gasteiger partial charge in [0.05, 0.1) is 0 Å². The third-order valence-electron chi connectivity index (χ3n) is 3.39. The van der Waals surface area contributed by atoms with Gasteiger partial charge in [0.25, 0.3) is 0 Å². The number of likely N-dealkylation sites (tertiary alicyclic amines) is 1. The second kappa shape index (κ2) is 5.96. The van der Waals surface area contributed by atoms with E-state index in [1.807, 2.05) is 0 Å². The fourth-order valence-corrected chi connectivity index (χ4v) is 2.24. The highest BCUT2D eigenvalue weighted by molar-refractivity contribution is 5.74. The lowest BCUT2D eigenvalue weighted by molar-refractivity contribution is 0.0811. The van der Waals surface area contributed by atoms with Crippen LogP contribution in [0, 0.1) is 0 Å². The standard InChI is InChI=1S/C14H20N2O2/c1-11(2)16-7-4-13(5-8-16)18-14-9-12(10-17)3-6-15-14/h3,6,9-11,13H,4-5,7-8H2,1-2H3. The summed E-state index contributed by atoms with van der Waals surface area (Å²) >= 11 is 0. The van der Waals surface area contributed by atoms with Crippen molar-refractivity contribution in [2.45, 2.75) is 38.8 Å². The molecule has 1 aromatic rings. The van der Waals surface area contributed by atoms with Crippen LogP contribution in [0.5, 0.6) is 5.88 Å². The maximum Gasteiger partial charge on any atom is 0.214 e. The van der Waals surface area contributed by atoms with Crippen molar-refractivity contribution < 1.29 is 9.53 Å². The van der Waals surface area contributed by atoms with Crippen molar-refractivity contribution in [2.75, 3.05) is 13.1 Å². The monoisotopic (exact) mass is 248 g/mol. The highest BCUT2D eigenvalue weighted by Crippen LogP contribution is 2.18. The zero-order valence-corrected chi connectivity index (χ0v) is 11.0. The Morgan fingerprint density at radius 3 is 2.78 bits per heavy atom. The fraction of sp³-hybridized carbons (Fsp3) is 0.571. The first-order valence-electron chi connectivity index (χ1n) is 6.51. The van der Waals surface area contributed by atoms with Gasteiger partial charge in [-0.2, -0.15) is 0 Å². The third kappa shape index (κ3) is 3.29. The number of rotatable bonds is 4. The molecule has 0 spiro atoms. The van der Waals surface area contributed by atoms with Crippen LogP contribution in [-0.2, 0) is 0 Å². The lowest BCUT2D eigenvalue weighted by atomic mass is 10.1. The van der Waals surface area contributed by atoms with E-state index in [2.05, 4.69) is 23.7 Å². The zero-order valence-electron chi connectivity index (χ0n) is 11.0. The van der Waals surface area contributed by atoms with Crippen LogP contribution in [0.1, 0.15) is 37.0 Å². The van der Waals surface area contributed by atoms with E-state index in [-0.39, 0.29) is 6.10 Å². The van der Waals surface area contributed by atoms with Crippen molar-refractivity contribution in [1.82, 2.24) is 9.88 Å². The van der Waals surface area contributed by atoms with E-state index in [4.69, 9.17) is 4.74 Å². The molecule has 18 heavy (non-hydrogen) atoms. The Hall–Kier alpha value is -1.42. The van der Waals surface area contributed by atoms with E-state index >= 15 is 0 Å². The fourth-order valence-electron chi connectivity index (χ4n) is 2.24. The van der Waals surface area contributed by atoms with Crippen molar-refractivity contribution in [3.8, 4) is 5.88 Å². The Labute approximate surface area is 108 Å². The average Bonchev–Trinajstić information content (AvgIpc) is 2.39. The number of hydrogen-bond acceptors (Lipinski definition) is 4. The van der Waals surface area contributed by atoms with Gasteiger partial charge in [-0.3, -0.25) is 4.79 Å². The van der Waals surface area contributed by atoms with E-state index in [9.17, 15) is 4.79 Å². The van der Waals surface area contributed by atoms with Crippen LogP contribution in [0.4, 0.5) is 0 Å². The van der Waals surface area contributed by atoms with E-state index in [1.165, 1.54) is 0 Å². The SMILES string of the molecule is CC(C)N1CCC(Oc2cc(C=O)ccn2)CC1. The van der Waals surface area contributed by atoms with Crippen LogP contribution >= 0.6 is 0 Å². The Bertz CT molecular complexity index is 399. The van der Waals surface area contributed by atoms with E-state index in [0.717, 1.165) is 32.2 Å². The molecule has 0 saturated carbocycles. The summed E-state index contributed by atoms with van der Waals surface area (Å²) in [5.41, 5.74) is 0.611. The van der Waals surface area contributed by atoms with Gasteiger partial charge >= 0.3 is 0 Å². The highest BCUT2D eigenvalue weighted by Gasteiger charge is 2.22. The Balaban J connectivity index is 1.89. The molecule has 1 fully saturated rings. The van der Waals surface area contributed by atoms with E-state index < -0.39 is 0 Å². The summed E-state index contributed by atoms with van der Waals surface area (Å²) in [5, 5.41) is 0.